The average molecular weight is 336 g/mol. The van der Waals surface area contributed by atoms with E-state index < -0.39 is 11.7 Å². The molecule has 3 rings (SSSR count). The van der Waals surface area contributed by atoms with Gasteiger partial charge in [0.2, 0.25) is 0 Å². The summed E-state index contributed by atoms with van der Waals surface area (Å²) in [5.41, 5.74) is 1.21. The third-order valence-corrected chi connectivity index (χ3v) is 4.01. The van der Waals surface area contributed by atoms with Crippen molar-refractivity contribution in [3.8, 4) is 5.75 Å². The molecule has 2 aromatic rings. The second-order valence-corrected chi connectivity index (χ2v) is 5.71. The highest BCUT2D eigenvalue weighted by Crippen LogP contribution is 2.29. The maximum Gasteiger partial charge on any atom is 0.416 e. The van der Waals surface area contributed by atoms with Crippen LogP contribution in [0.4, 0.5) is 18.9 Å². The number of rotatable bonds is 4. The molecule has 0 saturated carbocycles. The number of alkyl halides is 3. The van der Waals surface area contributed by atoms with Crippen LogP contribution in [0.2, 0.25) is 0 Å². The average Bonchev–Trinajstić information content (AvgIpc) is 2.61. The van der Waals surface area contributed by atoms with Crippen LogP contribution in [0.3, 0.4) is 0 Å². The molecule has 1 N–H and O–H groups in total. The number of hydrogen-bond donors (Lipinski definition) is 1. The van der Waals surface area contributed by atoms with Crippen molar-refractivity contribution >= 4 is 5.69 Å². The van der Waals surface area contributed by atoms with E-state index in [0.29, 0.717) is 11.3 Å². The van der Waals surface area contributed by atoms with Crippen LogP contribution < -0.4 is 15.0 Å². The summed E-state index contributed by atoms with van der Waals surface area (Å²) in [5, 5.41) is 3.31. The zero-order valence-electron chi connectivity index (χ0n) is 13.1. The number of nitrogens with one attached hydrogen (secondary N) is 1. The molecule has 2 aromatic carbocycles. The van der Waals surface area contributed by atoms with Crippen LogP contribution in [0.15, 0.2) is 48.5 Å². The molecule has 1 fully saturated rings. The van der Waals surface area contributed by atoms with E-state index in [1.54, 1.807) is 0 Å². The first-order valence-electron chi connectivity index (χ1n) is 7.87. The van der Waals surface area contributed by atoms with Crippen molar-refractivity contribution in [2.75, 3.05) is 31.1 Å². The molecule has 128 valence electrons. The van der Waals surface area contributed by atoms with Crippen LogP contribution in [0.25, 0.3) is 0 Å². The number of ether oxygens (including phenoxy) is 1. The third-order valence-electron chi connectivity index (χ3n) is 4.01. The Bertz CT molecular complexity index is 647. The largest absolute Gasteiger partial charge is 0.489 e. The van der Waals surface area contributed by atoms with Gasteiger partial charge in [0, 0.05) is 31.9 Å². The predicted octanol–water partition coefficient (Wildman–Crippen LogP) is 3.69. The van der Waals surface area contributed by atoms with Crippen LogP contribution in [-0.4, -0.2) is 26.2 Å². The fourth-order valence-electron chi connectivity index (χ4n) is 2.63. The molecule has 0 amide bonds. The SMILES string of the molecule is FC(F)(F)c1ccc(COc2ccc(N3CCNCC3)cc2)cc1. The maximum absolute atomic E-state index is 12.5. The molecule has 1 aliphatic heterocycles. The molecule has 1 heterocycles. The van der Waals surface area contributed by atoms with Crippen LogP contribution in [0, 0.1) is 0 Å². The zero-order chi connectivity index (χ0) is 17.0. The van der Waals surface area contributed by atoms with E-state index in [0.717, 1.165) is 44.0 Å². The van der Waals surface area contributed by atoms with E-state index in [4.69, 9.17) is 4.74 Å². The van der Waals surface area contributed by atoms with Gasteiger partial charge >= 0.3 is 6.18 Å². The summed E-state index contributed by atoms with van der Waals surface area (Å²) < 4.78 is 43.2. The van der Waals surface area contributed by atoms with Gasteiger partial charge in [-0.3, -0.25) is 0 Å². The fraction of sp³-hybridized carbons (Fsp3) is 0.333. The number of piperazine rings is 1. The van der Waals surface area contributed by atoms with E-state index in [1.165, 1.54) is 12.1 Å². The smallest absolute Gasteiger partial charge is 0.416 e. The molecule has 0 bridgehead atoms. The molecule has 24 heavy (non-hydrogen) atoms. The van der Waals surface area contributed by atoms with Crippen molar-refractivity contribution in [1.82, 2.24) is 5.32 Å². The van der Waals surface area contributed by atoms with Gasteiger partial charge in [-0.05, 0) is 42.0 Å². The van der Waals surface area contributed by atoms with E-state index in [-0.39, 0.29) is 6.61 Å². The first-order valence-corrected chi connectivity index (χ1v) is 7.87. The van der Waals surface area contributed by atoms with Crippen LogP contribution in [-0.2, 0) is 12.8 Å². The standard InChI is InChI=1S/C18H19F3N2O/c19-18(20,21)15-3-1-14(2-4-15)13-24-17-7-5-16(6-8-17)23-11-9-22-10-12-23/h1-8,22H,9-13H2. The number of anilines is 1. The van der Waals surface area contributed by atoms with Gasteiger partial charge in [-0.15, -0.1) is 0 Å². The summed E-state index contributed by atoms with van der Waals surface area (Å²) in [6.45, 7) is 4.15. The van der Waals surface area contributed by atoms with Gasteiger partial charge in [0.25, 0.3) is 0 Å². The molecule has 3 nitrogen and oxygen atoms in total. The van der Waals surface area contributed by atoms with Crippen molar-refractivity contribution in [3.05, 3.63) is 59.7 Å². The predicted molar refractivity (Wildman–Crippen MR) is 87.3 cm³/mol. The van der Waals surface area contributed by atoms with E-state index in [1.807, 2.05) is 24.3 Å². The number of hydrogen-bond acceptors (Lipinski definition) is 3. The number of nitrogens with zero attached hydrogens (tertiary/aromatic N) is 1. The Labute approximate surface area is 139 Å². The molecule has 0 aromatic heterocycles. The minimum Gasteiger partial charge on any atom is -0.489 e. The normalized spacial score (nSPS) is 15.4. The monoisotopic (exact) mass is 336 g/mol. The Morgan fingerprint density at radius 1 is 0.917 bits per heavy atom. The van der Waals surface area contributed by atoms with Crippen molar-refractivity contribution < 1.29 is 17.9 Å². The van der Waals surface area contributed by atoms with Gasteiger partial charge < -0.3 is 15.0 Å². The molecule has 0 radical (unpaired) electrons. The Morgan fingerprint density at radius 3 is 2.12 bits per heavy atom. The minimum atomic E-state index is -4.31. The van der Waals surface area contributed by atoms with Gasteiger partial charge in [-0.2, -0.15) is 13.2 Å². The minimum absolute atomic E-state index is 0.241. The number of benzene rings is 2. The fourth-order valence-corrected chi connectivity index (χ4v) is 2.63. The lowest BCUT2D eigenvalue weighted by molar-refractivity contribution is -0.137. The molecule has 0 aliphatic carbocycles. The first kappa shape index (κ1) is 16.6. The van der Waals surface area contributed by atoms with E-state index in [9.17, 15) is 13.2 Å². The summed E-state index contributed by atoms with van der Waals surface area (Å²) >= 11 is 0. The maximum atomic E-state index is 12.5. The summed E-state index contributed by atoms with van der Waals surface area (Å²) in [4.78, 5) is 2.30. The second-order valence-electron chi connectivity index (χ2n) is 5.71. The third kappa shape index (κ3) is 4.20. The molecule has 0 spiro atoms. The first-order chi connectivity index (χ1) is 11.5. The Hall–Kier alpha value is -2.21. The van der Waals surface area contributed by atoms with Crippen molar-refractivity contribution in [3.63, 3.8) is 0 Å². The van der Waals surface area contributed by atoms with Crippen molar-refractivity contribution in [1.29, 1.82) is 0 Å². The molecule has 0 unspecified atom stereocenters. The molecular formula is C18H19F3N2O. The zero-order valence-corrected chi connectivity index (χ0v) is 13.1. The highest BCUT2D eigenvalue weighted by molar-refractivity contribution is 5.49. The lowest BCUT2D eigenvalue weighted by Gasteiger charge is -2.29. The molecule has 0 atom stereocenters. The highest BCUT2D eigenvalue weighted by atomic mass is 19.4. The quantitative estimate of drug-likeness (QED) is 0.921. The lowest BCUT2D eigenvalue weighted by atomic mass is 10.1. The summed E-state index contributed by atoms with van der Waals surface area (Å²) in [6, 6.07) is 12.8. The van der Waals surface area contributed by atoms with Crippen molar-refractivity contribution in [2.24, 2.45) is 0 Å². The Kier molecular flexibility index (Phi) is 4.94. The van der Waals surface area contributed by atoms with Crippen LogP contribution >= 0.6 is 0 Å². The van der Waals surface area contributed by atoms with E-state index in [2.05, 4.69) is 10.2 Å². The summed E-state index contributed by atoms with van der Waals surface area (Å²) in [5.74, 6) is 0.703. The lowest BCUT2D eigenvalue weighted by Crippen LogP contribution is -2.43. The molecule has 1 saturated heterocycles. The van der Waals surface area contributed by atoms with Gasteiger partial charge in [-0.25, -0.2) is 0 Å². The van der Waals surface area contributed by atoms with Crippen LogP contribution in [0.5, 0.6) is 5.75 Å². The molecular weight excluding hydrogens is 317 g/mol. The topological polar surface area (TPSA) is 24.5 Å². The molecule has 6 heteroatoms. The van der Waals surface area contributed by atoms with Gasteiger partial charge in [0.1, 0.15) is 12.4 Å². The number of halogens is 3. The van der Waals surface area contributed by atoms with Crippen LogP contribution in [0.1, 0.15) is 11.1 Å². The van der Waals surface area contributed by atoms with Gasteiger partial charge in [0.15, 0.2) is 0 Å². The van der Waals surface area contributed by atoms with Crippen molar-refractivity contribution in [2.45, 2.75) is 12.8 Å². The Balaban J connectivity index is 1.56. The highest BCUT2D eigenvalue weighted by Gasteiger charge is 2.29. The molecule has 1 aliphatic rings. The van der Waals surface area contributed by atoms with E-state index >= 15 is 0 Å². The van der Waals surface area contributed by atoms with Gasteiger partial charge in [-0.1, -0.05) is 12.1 Å². The summed E-state index contributed by atoms with van der Waals surface area (Å²) in [6.07, 6.45) is -4.31. The summed E-state index contributed by atoms with van der Waals surface area (Å²) in [7, 11) is 0. The second kappa shape index (κ2) is 7.13. The van der Waals surface area contributed by atoms with Gasteiger partial charge in [0.05, 0.1) is 5.56 Å². The Morgan fingerprint density at radius 2 is 1.54 bits per heavy atom.